The Balaban J connectivity index is 2.01. The summed E-state index contributed by atoms with van der Waals surface area (Å²) in [6.45, 7) is 2.68. The molecule has 1 N–H and O–H groups in total. The van der Waals surface area contributed by atoms with Gasteiger partial charge in [0.15, 0.2) is 11.5 Å². The van der Waals surface area contributed by atoms with Gasteiger partial charge in [-0.1, -0.05) is 29.8 Å². The Morgan fingerprint density at radius 2 is 1.68 bits per heavy atom. The van der Waals surface area contributed by atoms with Crippen LogP contribution in [0.1, 0.15) is 16.7 Å². The zero-order valence-corrected chi connectivity index (χ0v) is 16.2. The molecule has 0 spiro atoms. The van der Waals surface area contributed by atoms with Gasteiger partial charge < -0.3 is 14.0 Å². The summed E-state index contributed by atoms with van der Waals surface area (Å²) >= 11 is 0. The van der Waals surface area contributed by atoms with Crippen molar-refractivity contribution >= 4 is 0 Å². The Morgan fingerprint density at radius 1 is 1.00 bits per heavy atom. The second-order valence-electron chi connectivity index (χ2n) is 6.91. The molecule has 3 aromatic rings. The van der Waals surface area contributed by atoms with Gasteiger partial charge >= 0.3 is 0 Å². The summed E-state index contributed by atoms with van der Waals surface area (Å²) in [5, 5.41) is 18.4. The Labute approximate surface area is 163 Å². The highest BCUT2D eigenvalue weighted by atomic mass is 16.5. The third kappa shape index (κ3) is 2.74. The van der Waals surface area contributed by atoms with E-state index in [0.717, 1.165) is 39.9 Å². The van der Waals surface area contributed by atoms with E-state index in [1.165, 1.54) is 0 Å². The summed E-state index contributed by atoms with van der Waals surface area (Å²) in [4.78, 5) is 0. The predicted octanol–water partition coefficient (Wildman–Crippen LogP) is 4.05. The third-order valence-electron chi connectivity index (χ3n) is 5.31. The molecule has 1 aromatic heterocycles. The second kappa shape index (κ2) is 6.90. The number of hydrogen-bond donors (Lipinski definition) is 1. The standard InChI is InChI=1S/C23H21N3O2/c1-14-4-6-15(7-5-14)17-11-20-18-12-22(28-3)21(27-2)10-16(18)8-9-26(20)23(25)19(17)13-24/h4-7,10-12,25H,8-9H2,1-3H3. The molecule has 1 aliphatic heterocycles. The van der Waals surface area contributed by atoms with Crippen molar-refractivity contribution in [3.63, 3.8) is 0 Å². The van der Waals surface area contributed by atoms with Crippen LogP contribution in [-0.2, 0) is 13.0 Å². The van der Waals surface area contributed by atoms with Gasteiger partial charge in [0.25, 0.3) is 0 Å². The first kappa shape index (κ1) is 17.9. The molecule has 5 heteroatoms. The fourth-order valence-electron chi connectivity index (χ4n) is 3.80. The number of rotatable bonds is 3. The first-order valence-electron chi connectivity index (χ1n) is 9.12. The highest BCUT2D eigenvalue weighted by Gasteiger charge is 2.22. The van der Waals surface area contributed by atoms with Crippen LogP contribution in [0.4, 0.5) is 0 Å². The number of aryl methyl sites for hydroxylation is 2. The maximum Gasteiger partial charge on any atom is 0.161 e. The van der Waals surface area contributed by atoms with Gasteiger partial charge in [-0.05, 0) is 42.7 Å². The molecule has 140 valence electrons. The molecule has 0 radical (unpaired) electrons. The molecule has 4 rings (SSSR count). The van der Waals surface area contributed by atoms with E-state index in [1.54, 1.807) is 14.2 Å². The van der Waals surface area contributed by atoms with Crippen molar-refractivity contribution in [2.24, 2.45) is 0 Å². The number of nitrogens with one attached hydrogen (secondary N) is 1. The van der Waals surface area contributed by atoms with Gasteiger partial charge in [0, 0.05) is 17.7 Å². The number of fused-ring (bicyclic) bond motifs is 3. The number of benzene rings is 2. The maximum atomic E-state index is 9.74. The van der Waals surface area contributed by atoms with Gasteiger partial charge in [0.2, 0.25) is 0 Å². The van der Waals surface area contributed by atoms with Crippen molar-refractivity contribution in [1.29, 1.82) is 10.7 Å². The van der Waals surface area contributed by atoms with E-state index in [4.69, 9.17) is 14.9 Å². The molecule has 0 fully saturated rings. The minimum absolute atomic E-state index is 0.246. The minimum atomic E-state index is 0.246. The molecule has 28 heavy (non-hydrogen) atoms. The van der Waals surface area contributed by atoms with Crippen molar-refractivity contribution in [2.45, 2.75) is 19.9 Å². The molecule has 0 atom stereocenters. The summed E-state index contributed by atoms with van der Waals surface area (Å²) < 4.78 is 12.8. The van der Waals surface area contributed by atoms with Gasteiger partial charge in [0.05, 0.1) is 19.9 Å². The van der Waals surface area contributed by atoms with E-state index in [-0.39, 0.29) is 5.49 Å². The molecule has 2 heterocycles. The quantitative estimate of drug-likeness (QED) is 0.755. The second-order valence-corrected chi connectivity index (χ2v) is 6.91. The Hall–Kier alpha value is -3.52. The first-order chi connectivity index (χ1) is 13.6. The Kier molecular flexibility index (Phi) is 4.40. The topological polar surface area (TPSA) is 71.0 Å². The predicted molar refractivity (Wildman–Crippen MR) is 107 cm³/mol. The van der Waals surface area contributed by atoms with Crippen LogP contribution in [0.3, 0.4) is 0 Å². The number of nitrogens with zero attached hydrogens (tertiary/aromatic N) is 2. The molecule has 0 amide bonds. The Morgan fingerprint density at radius 3 is 2.32 bits per heavy atom. The zero-order valence-electron chi connectivity index (χ0n) is 16.2. The SMILES string of the molecule is COc1cc2c(cc1OC)-c1cc(-c3ccc(C)cc3)c(C#N)c(=N)n1CC2. The minimum Gasteiger partial charge on any atom is -0.493 e. The molecule has 0 saturated heterocycles. The molecule has 0 saturated carbocycles. The molecule has 2 aromatic carbocycles. The summed E-state index contributed by atoms with van der Waals surface area (Å²) in [6.07, 6.45) is 0.772. The highest BCUT2D eigenvalue weighted by Crippen LogP contribution is 2.39. The number of nitriles is 1. The summed E-state index contributed by atoms with van der Waals surface area (Å²) in [5.74, 6) is 1.36. The van der Waals surface area contributed by atoms with E-state index in [2.05, 4.69) is 6.07 Å². The lowest BCUT2D eigenvalue weighted by molar-refractivity contribution is 0.354. The average molecular weight is 371 g/mol. The maximum absolute atomic E-state index is 9.74. The van der Waals surface area contributed by atoms with Crippen LogP contribution in [0.15, 0.2) is 42.5 Å². The summed E-state index contributed by atoms with van der Waals surface area (Å²) in [7, 11) is 3.25. The number of methoxy groups -OCH3 is 2. The average Bonchev–Trinajstić information content (AvgIpc) is 2.72. The van der Waals surface area contributed by atoms with E-state index >= 15 is 0 Å². The van der Waals surface area contributed by atoms with E-state index in [1.807, 2.05) is 54.0 Å². The lowest BCUT2D eigenvalue weighted by Gasteiger charge is -2.25. The van der Waals surface area contributed by atoms with E-state index in [9.17, 15) is 5.26 Å². The van der Waals surface area contributed by atoms with Crippen LogP contribution in [0.25, 0.3) is 22.4 Å². The van der Waals surface area contributed by atoms with Crippen molar-refractivity contribution in [2.75, 3.05) is 14.2 Å². The molecule has 5 nitrogen and oxygen atoms in total. The van der Waals surface area contributed by atoms with Crippen molar-refractivity contribution < 1.29 is 9.47 Å². The van der Waals surface area contributed by atoms with Crippen LogP contribution in [0, 0.1) is 23.7 Å². The van der Waals surface area contributed by atoms with Gasteiger partial charge in [-0.25, -0.2) is 0 Å². The van der Waals surface area contributed by atoms with Gasteiger partial charge in [-0.15, -0.1) is 0 Å². The van der Waals surface area contributed by atoms with Crippen LogP contribution >= 0.6 is 0 Å². The fraction of sp³-hybridized carbons (Fsp3) is 0.217. The van der Waals surface area contributed by atoms with E-state index < -0.39 is 0 Å². The zero-order chi connectivity index (χ0) is 19.8. The molecule has 0 aliphatic carbocycles. The van der Waals surface area contributed by atoms with Gasteiger partial charge in [-0.2, -0.15) is 5.26 Å². The number of hydrogen-bond acceptors (Lipinski definition) is 4. The number of aromatic nitrogens is 1. The lowest BCUT2D eigenvalue weighted by atomic mass is 9.92. The van der Waals surface area contributed by atoms with Crippen LogP contribution < -0.4 is 15.0 Å². The number of pyridine rings is 1. The third-order valence-corrected chi connectivity index (χ3v) is 5.31. The largest absolute Gasteiger partial charge is 0.493 e. The molecular formula is C23H21N3O2. The van der Waals surface area contributed by atoms with Gasteiger partial charge in [0.1, 0.15) is 17.1 Å². The van der Waals surface area contributed by atoms with Crippen molar-refractivity contribution in [3.8, 4) is 40.0 Å². The summed E-state index contributed by atoms with van der Waals surface area (Å²) in [6, 6.07) is 16.3. The monoisotopic (exact) mass is 371 g/mol. The van der Waals surface area contributed by atoms with E-state index in [0.29, 0.717) is 23.6 Å². The molecule has 0 bridgehead atoms. The number of ether oxygens (including phenoxy) is 2. The Bertz CT molecular complexity index is 1170. The lowest BCUT2D eigenvalue weighted by Crippen LogP contribution is -2.28. The summed E-state index contributed by atoms with van der Waals surface area (Å²) in [5.41, 5.74) is 6.59. The smallest absolute Gasteiger partial charge is 0.161 e. The van der Waals surface area contributed by atoms with Crippen LogP contribution in [-0.4, -0.2) is 18.8 Å². The van der Waals surface area contributed by atoms with Crippen molar-refractivity contribution in [1.82, 2.24) is 4.57 Å². The first-order valence-corrected chi connectivity index (χ1v) is 9.12. The van der Waals surface area contributed by atoms with Gasteiger partial charge in [-0.3, -0.25) is 5.41 Å². The molecular weight excluding hydrogens is 350 g/mol. The highest BCUT2D eigenvalue weighted by molar-refractivity contribution is 5.78. The van der Waals surface area contributed by atoms with Crippen molar-refractivity contribution in [3.05, 3.63) is 64.6 Å². The fourth-order valence-corrected chi connectivity index (χ4v) is 3.80. The molecule has 1 aliphatic rings. The normalized spacial score (nSPS) is 11.9. The van der Waals surface area contributed by atoms with Crippen LogP contribution in [0.2, 0.25) is 0 Å². The van der Waals surface area contributed by atoms with Crippen LogP contribution in [0.5, 0.6) is 11.5 Å². The molecule has 0 unspecified atom stereocenters.